The number of hydrogen-bond acceptors (Lipinski definition) is 4. The van der Waals surface area contributed by atoms with Gasteiger partial charge in [-0.2, -0.15) is 0 Å². The lowest BCUT2D eigenvalue weighted by molar-refractivity contribution is -0.929. The number of ether oxygens (including phenoxy) is 2. The number of rotatable bonds is 15. The Labute approximate surface area is 277 Å². The summed E-state index contributed by atoms with van der Waals surface area (Å²) >= 11 is 0. The first-order valence-corrected chi connectivity index (χ1v) is 16.6. The molecule has 2 unspecified atom stereocenters. The summed E-state index contributed by atoms with van der Waals surface area (Å²) in [5, 5.41) is 0. The van der Waals surface area contributed by atoms with Gasteiger partial charge in [0.05, 0.1) is 63.2 Å². The largest absolute Gasteiger partial charge is 1.00 e. The molecule has 6 nitrogen and oxygen atoms in total. The van der Waals surface area contributed by atoms with E-state index in [9.17, 15) is 9.59 Å². The van der Waals surface area contributed by atoms with Crippen molar-refractivity contribution < 1.29 is 62.0 Å². The summed E-state index contributed by atoms with van der Waals surface area (Å²) in [4.78, 5) is 24.0. The summed E-state index contributed by atoms with van der Waals surface area (Å²) in [6, 6.07) is 1.42. The number of quaternary nitrogens is 2. The summed E-state index contributed by atoms with van der Waals surface area (Å²) in [6.07, 6.45) is 19.1. The van der Waals surface area contributed by atoms with Gasteiger partial charge in [0.15, 0.2) is 0 Å². The Balaban J connectivity index is 0.00000308. The van der Waals surface area contributed by atoms with Crippen molar-refractivity contribution in [2.45, 2.75) is 117 Å². The molecule has 0 N–H and O–H groups in total. The van der Waals surface area contributed by atoms with Crippen molar-refractivity contribution in [2.24, 2.45) is 11.8 Å². The van der Waals surface area contributed by atoms with E-state index in [0.717, 1.165) is 11.1 Å². The molecule has 4 saturated heterocycles. The van der Waals surface area contributed by atoms with Crippen molar-refractivity contribution in [3.8, 4) is 0 Å². The molecule has 0 aliphatic carbocycles. The van der Waals surface area contributed by atoms with Crippen molar-refractivity contribution in [2.75, 3.05) is 52.5 Å². The molecule has 0 bridgehead atoms. The molecule has 4 rings (SSSR count). The number of fused-ring (bicyclic) bond motifs is 2. The van der Waals surface area contributed by atoms with Gasteiger partial charge in [-0.3, -0.25) is 0 Å². The molecule has 6 atom stereocenters. The van der Waals surface area contributed by atoms with Crippen molar-refractivity contribution >= 4 is 11.9 Å². The van der Waals surface area contributed by atoms with Gasteiger partial charge < -0.3 is 52.4 Å². The van der Waals surface area contributed by atoms with Crippen LogP contribution >= 0.6 is 0 Å². The Hall–Kier alpha value is -0.700. The van der Waals surface area contributed by atoms with Crippen LogP contribution in [-0.2, 0) is 19.1 Å². The predicted molar refractivity (Wildman–Crippen MR) is 160 cm³/mol. The van der Waals surface area contributed by atoms with E-state index in [2.05, 4.69) is 0 Å². The van der Waals surface area contributed by atoms with Crippen LogP contribution in [0.2, 0.25) is 0 Å². The zero-order valence-corrected chi connectivity index (χ0v) is 30.1. The molecule has 0 aromatic carbocycles. The molecule has 0 saturated carbocycles. The van der Waals surface area contributed by atoms with Crippen LogP contribution in [0.5, 0.6) is 0 Å². The number of carbonyl (C=O) groups is 2. The lowest BCUT2D eigenvalue weighted by Gasteiger charge is -2.36. The van der Waals surface area contributed by atoms with Crippen molar-refractivity contribution in [1.29, 1.82) is 0 Å². The van der Waals surface area contributed by atoms with E-state index in [1.165, 1.54) is 125 Å². The minimum atomic E-state index is -0.168. The summed E-state index contributed by atoms with van der Waals surface area (Å²) in [5.41, 5.74) is 2.01. The van der Waals surface area contributed by atoms with Crippen LogP contribution in [0, 0.1) is 11.8 Å². The average Bonchev–Trinajstić information content (AvgIpc) is 3.63. The van der Waals surface area contributed by atoms with Crippen LogP contribution in [0.3, 0.4) is 0 Å². The van der Waals surface area contributed by atoms with E-state index in [0.29, 0.717) is 37.1 Å². The molecule has 0 aromatic heterocycles. The van der Waals surface area contributed by atoms with Crippen LogP contribution in [0.4, 0.5) is 0 Å². The SMILES string of the molecule is CC(C)=CC(=O)OC[C@@H]1CC[N+]2(CCCCCCCC[N+]34CCC[C@@H]3[C@H](COC(=O)C=C(C)C)CC4)CCC[C@H]12.[Br-].[Br-]. The van der Waals surface area contributed by atoms with E-state index >= 15 is 0 Å². The Morgan fingerprint density at radius 1 is 0.595 bits per heavy atom. The van der Waals surface area contributed by atoms with Crippen LogP contribution in [-0.4, -0.2) is 85.5 Å². The molecule has 0 amide bonds. The minimum absolute atomic E-state index is 0. The molecule has 42 heavy (non-hydrogen) atoms. The van der Waals surface area contributed by atoms with Gasteiger partial charge in [-0.1, -0.05) is 24.0 Å². The maximum Gasteiger partial charge on any atom is 0.330 e. The van der Waals surface area contributed by atoms with Gasteiger partial charge in [-0.05, 0) is 53.4 Å². The number of esters is 2. The van der Waals surface area contributed by atoms with Gasteiger partial charge in [-0.25, -0.2) is 9.59 Å². The van der Waals surface area contributed by atoms with Crippen molar-refractivity contribution in [3.63, 3.8) is 0 Å². The smallest absolute Gasteiger partial charge is 0.330 e. The predicted octanol–water partition coefficient (Wildman–Crippen LogP) is 0.352. The number of carbonyl (C=O) groups excluding carboxylic acids is 2. The van der Waals surface area contributed by atoms with Crippen LogP contribution in [0.1, 0.15) is 105 Å². The maximum atomic E-state index is 12.0. The fraction of sp³-hybridized carbons (Fsp3) is 0.824. The molecular weight excluding hydrogens is 660 g/mol. The highest BCUT2D eigenvalue weighted by Crippen LogP contribution is 2.42. The highest BCUT2D eigenvalue weighted by molar-refractivity contribution is 5.82. The van der Waals surface area contributed by atoms with Crippen molar-refractivity contribution in [3.05, 3.63) is 23.3 Å². The third-order valence-corrected chi connectivity index (χ3v) is 10.7. The Morgan fingerprint density at radius 3 is 1.36 bits per heavy atom. The van der Waals surface area contributed by atoms with Crippen molar-refractivity contribution in [1.82, 2.24) is 0 Å². The zero-order chi connectivity index (χ0) is 28.6. The van der Waals surface area contributed by atoms with Gasteiger partial charge in [0.2, 0.25) is 0 Å². The van der Waals surface area contributed by atoms with Gasteiger partial charge in [-0.15, -0.1) is 0 Å². The number of allylic oxidation sites excluding steroid dienone is 2. The molecule has 8 heteroatoms. The van der Waals surface area contributed by atoms with Gasteiger partial charge in [0.25, 0.3) is 0 Å². The van der Waals surface area contributed by atoms with Gasteiger partial charge >= 0.3 is 11.9 Å². The second-order valence-electron chi connectivity index (χ2n) is 14.1. The van der Waals surface area contributed by atoms with E-state index in [1.54, 1.807) is 12.2 Å². The lowest BCUT2D eigenvalue weighted by Crippen LogP contribution is -3.00. The van der Waals surface area contributed by atoms with E-state index in [-0.39, 0.29) is 45.9 Å². The molecular formula is C34H58Br2N2O4. The summed E-state index contributed by atoms with van der Waals surface area (Å²) in [5.74, 6) is 0.763. The normalized spacial score (nSPS) is 30.9. The van der Waals surface area contributed by atoms with E-state index < -0.39 is 0 Å². The molecule has 0 spiro atoms. The summed E-state index contributed by atoms with van der Waals surface area (Å²) in [7, 11) is 0. The third-order valence-electron chi connectivity index (χ3n) is 10.7. The second kappa shape index (κ2) is 17.7. The zero-order valence-electron chi connectivity index (χ0n) is 26.9. The van der Waals surface area contributed by atoms with E-state index in [4.69, 9.17) is 9.47 Å². The minimum Gasteiger partial charge on any atom is -1.00 e. The van der Waals surface area contributed by atoms with Gasteiger partial charge in [0.1, 0.15) is 13.2 Å². The first-order chi connectivity index (χ1) is 19.2. The summed E-state index contributed by atoms with van der Waals surface area (Å²) in [6.45, 7) is 16.9. The highest BCUT2D eigenvalue weighted by atomic mass is 79.9. The number of hydrogen-bond donors (Lipinski definition) is 0. The fourth-order valence-electron chi connectivity index (χ4n) is 8.92. The monoisotopic (exact) mass is 716 g/mol. The van der Waals surface area contributed by atoms with Crippen LogP contribution in [0.25, 0.3) is 0 Å². The summed E-state index contributed by atoms with van der Waals surface area (Å²) < 4.78 is 13.9. The quantitative estimate of drug-likeness (QED) is 0.106. The fourth-order valence-corrected chi connectivity index (χ4v) is 8.92. The molecule has 0 radical (unpaired) electrons. The van der Waals surface area contributed by atoms with Crippen LogP contribution < -0.4 is 34.0 Å². The van der Waals surface area contributed by atoms with Gasteiger partial charge in [0, 0.05) is 50.7 Å². The van der Waals surface area contributed by atoms with Crippen LogP contribution in [0.15, 0.2) is 23.3 Å². The highest BCUT2D eigenvalue weighted by Gasteiger charge is 2.52. The average molecular weight is 719 g/mol. The maximum absolute atomic E-state index is 12.0. The number of unbranched alkanes of at least 4 members (excludes halogenated alkanes) is 5. The Morgan fingerprint density at radius 2 is 0.976 bits per heavy atom. The number of nitrogens with zero attached hydrogens (tertiary/aromatic N) is 2. The topological polar surface area (TPSA) is 52.6 Å². The number of halogens is 2. The third kappa shape index (κ3) is 9.90. The second-order valence-corrected chi connectivity index (χ2v) is 14.1. The molecule has 0 aromatic rings. The standard InChI is InChI=1S/C34H58N2O4.2BrH/c1-27(2)23-33(37)39-25-29-15-21-35(19-11-13-31(29)35)17-9-7-5-6-8-10-18-36-20-12-14-32(36)30(16-22-36)26-40-34(38)24-28(3)4;;/h23-24,29-32H,5-22,25-26H2,1-4H3;2*1H/q+2;;/p-2/t29-,30-,31+,32+,35?,36?;;/m0../s1. The first-order valence-electron chi connectivity index (χ1n) is 16.6. The lowest BCUT2D eigenvalue weighted by atomic mass is 9.99. The first kappa shape index (κ1) is 37.5. The Bertz CT molecular complexity index is 859. The molecule has 4 heterocycles. The molecule has 4 aliphatic heterocycles. The van der Waals surface area contributed by atoms with E-state index in [1.807, 2.05) is 27.7 Å². The molecule has 4 fully saturated rings. The molecule has 242 valence electrons. The Kier molecular flexibility index (Phi) is 15.8. The molecule has 4 aliphatic rings.